The van der Waals surface area contributed by atoms with Crippen molar-refractivity contribution in [2.45, 2.75) is 0 Å². The standard InChI is InChI=1S/B2H7N3/c3-1-5-2-4/h1-2,5H,3-4H2. The molecule has 0 amide bonds. The Kier molecular flexibility index (Phi) is 4.02. The Morgan fingerprint density at radius 3 is 1.60 bits per heavy atom. The molecule has 5 N–H and O–H groups in total. The minimum absolute atomic E-state index is 0.469. The van der Waals surface area contributed by atoms with Crippen LogP contribution in [-0.4, -0.2) is 15.1 Å². The molecule has 0 rings (SSSR count). The highest BCUT2D eigenvalue weighted by atomic mass is 14.8. The van der Waals surface area contributed by atoms with Crippen LogP contribution in [-0.2, 0) is 0 Å². The van der Waals surface area contributed by atoms with E-state index in [-0.39, 0.29) is 0 Å². The Morgan fingerprint density at radius 1 is 1.20 bits per heavy atom. The molecule has 0 saturated carbocycles. The average Bonchev–Trinajstić information content (AvgIpc) is 1.41. The minimum Gasteiger partial charge on any atom is -0.377 e. The minimum atomic E-state index is 0.469. The van der Waals surface area contributed by atoms with E-state index >= 15 is 0 Å². The van der Waals surface area contributed by atoms with Crippen LogP contribution in [0.15, 0.2) is 0 Å². The van der Waals surface area contributed by atoms with E-state index in [0.29, 0.717) is 15.1 Å². The molecule has 0 aromatic heterocycles. The number of nitrogens with one attached hydrogen (secondary N) is 1. The van der Waals surface area contributed by atoms with Crippen molar-refractivity contribution in [3.63, 3.8) is 0 Å². The van der Waals surface area contributed by atoms with Crippen LogP contribution < -0.4 is 16.4 Å². The Labute approximate surface area is 32.7 Å². The fraction of sp³-hybridized carbons (Fsp3) is 0. The Balaban J connectivity index is 2.19. The van der Waals surface area contributed by atoms with Crippen LogP contribution in [0.5, 0.6) is 0 Å². The molecule has 5 heavy (non-hydrogen) atoms. The lowest BCUT2D eigenvalue weighted by atomic mass is 10.1. The second-order valence-corrected chi connectivity index (χ2v) is 0.658. The zero-order valence-electron chi connectivity index (χ0n) is 3.07. The van der Waals surface area contributed by atoms with Crippen molar-refractivity contribution in [2.24, 2.45) is 11.3 Å². The monoisotopic (exact) mass is 71.1 g/mol. The molecule has 0 saturated heterocycles. The third-order valence-electron chi connectivity index (χ3n) is 0.289. The van der Waals surface area contributed by atoms with Crippen LogP contribution in [0.4, 0.5) is 0 Å². The maximum Gasteiger partial charge on any atom is 0.272 e. The summed E-state index contributed by atoms with van der Waals surface area (Å²) in [5.74, 6) is 0. The van der Waals surface area contributed by atoms with Crippen molar-refractivity contribution in [3.8, 4) is 0 Å². The van der Waals surface area contributed by atoms with Gasteiger partial charge >= 0.3 is 0 Å². The lowest BCUT2D eigenvalue weighted by molar-refractivity contribution is 1.50. The lowest BCUT2D eigenvalue weighted by Crippen LogP contribution is -2.35. The van der Waals surface area contributed by atoms with Gasteiger partial charge in [-0.05, 0) is 0 Å². The van der Waals surface area contributed by atoms with Crippen LogP contribution in [0.3, 0.4) is 0 Å². The van der Waals surface area contributed by atoms with Gasteiger partial charge in [-0.1, -0.05) is 0 Å². The van der Waals surface area contributed by atoms with E-state index in [0.717, 1.165) is 0 Å². The van der Waals surface area contributed by atoms with Gasteiger partial charge in [0.05, 0.1) is 0 Å². The SMILES string of the molecule is NBNBN. The quantitative estimate of drug-likeness (QED) is 0.304. The van der Waals surface area contributed by atoms with Crippen molar-refractivity contribution in [2.75, 3.05) is 0 Å². The van der Waals surface area contributed by atoms with Crippen molar-refractivity contribution in [3.05, 3.63) is 0 Å². The number of nitrogens with two attached hydrogens (primary N) is 2. The number of hydrogen-bond donors (Lipinski definition) is 3. The Hall–Kier alpha value is 0.00987. The van der Waals surface area contributed by atoms with Gasteiger partial charge in [0.2, 0.25) is 0 Å². The summed E-state index contributed by atoms with van der Waals surface area (Å²) in [6.07, 6.45) is 0. The largest absolute Gasteiger partial charge is 0.377 e. The first-order valence-electron chi connectivity index (χ1n) is 1.52. The molecule has 5 heteroatoms. The third-order valence-corrected chi connectivity index (χ3v) is 0.289. The second kappa shape index (κ2) is 4.01. The molecule has 0 bridgehead atoms. The molecule has 3 nitrogen and oxygen atoms in total. The Bertz CT molecular complexity index is 12.4. The second-order valence-electron chi connectivity index (χ2n) is 0.658. The highest BCUT2D eigenvalue weighted by Gasteiger charge is 1.71. The van der Waals surface area contributed by atoms with E-state index in [1.54, 1.807) is 0 Å². The molecule has 0 radical (unpaired) electrons. The summed E-state index contributed by atoms with van der Waals surface area (Å²) in [6, 6.07) is 0. The molecule has 0 atom stereocenters. The first-order valence-corrected chi connectivity index (χ1v) is 1.52. The fourth-order valence-electron chi connectivity index (χ4n) is 0.0833. The van der Waals surface area contributed by atoms with Gasteiger partial charge in [-0.2, -0.15) is 0 Å². The molecule has 0 fully saturated rings. The lowest BCUT2D eigenvalue weighted by Gasteiger charge is -1.81. The van der Waals surface area contributed by atoms with Crippen LogP contribution in [0.1, 0.15) is 0 Å². The molecule has 0 aromatic carbocycles. The summed E-state index contributed by atoms with van der Waals surface area (Å²) >= 11 is 0. The normalized spacial score (nSPS) is 6.80. The van der Waals surface area contributed by atoms with Gasteiger partial charge in [0.25, 0.3) is 15.1 Å². The van der Waals surface area contributed by atoms with E-state index in [4.69, 9.17) is 11.3 Å². The van der Waals surface area contributed by atoms with E-state index in [2.05, 4.69) is 5.14 Å². The molecular weight excluding hydrogens is 63.6 g/mol. The Morgan fingerprint density at radius 2 is 1.60 bits per heavy atom. The summed E-state index contributed by atoms with van der Waals surface area (Å²) < 4.78 is 0. The van der Waals surface area contributed by atoms with E-state index < -0.39 is 0 Å². The van der Waals surface area contributed by atoms with Crippen LogP contribution in [0.25, 0.3) is 0 Å². The van der Waals surface area contributed by atoms with Crippen LogP contribution in [0.2, 0.25) is 0 Å². The third kappa shape index (κ3) is 4.01. The van der Waals surface area contributed by atoms with Gasteiger partial charge in [-0.15, -0.1) is 0 Å². The molecule has 0 spiro atoms. The average molecular weight is 70.7 g/mol. The van der Waals surface area contributed by atoms with Gasteiger partial charge in [-0.3, -0.25) is 0 Å². The van der Waals surface area contributed by atoms with Crippen LogP contribution in [0, 0.1) is 0 Å². The summed E-state index contributed by atoms with van der Waals surface area (Å²) in [4.78, 5) is 0. The van der Waals surface area contributed by atoms with E-state index in [9.17, 15) is 0 Å². The van der Waals surface area contributed by atoms with Crippen molar-refractivity contribution >= 4 is 15.1 Å². The maximum absolute atomic E-state index is 4.95. The van der Waals surface area contributed by atoms with Crippen molar-refractivity contribution in [1.82, 2.24) is 5.14 Å². The molecule has 0 aliphatic heterocycles. The van der Waals surface area contributed by atoms with Crippen LogP contribution >= 0.6 is 0 Å². The zero-order chi connectivity index (χ0) is 4.12. The van der Waals surface area contributed by atoms with Gasteiger partial charge in [0.15, 0.2) is 0 Å². The predicted molar refractivity (Wildman–Crippen MR) is 25.8 cm³/mol. The highest BCUT2D eigenvalue weighted by molar-refractivity contribution is 6.46. The first-order chi connectivity index (χ1) is 2.41. The highest BCUT2D eigenvalue weighted by Crippen LogP contribution is 1.15. The molecule has 0 aliphatic rings. The zero-order valence-corrected chi connectivity index (χ0v) is 3.07. The molecule has 0 aliphatic carbocycles. The van der Waals surface area contributed by atoms with Gasteiger partial charge in [0.1, 0.15) is 0 Å². The first kappa shape index (κ1) is 5.01. The number of rotatable bonds is 2. The summed E-state index contributed by atoms with van der Waals surface area (Å²) in [5.41, 5.74) is 9.90. The molecule has 0 heterocycles. The molecular formula is H7B2N3. The van der Waals surface area contributed by atoms with Gasteiger partial charge < -0.3 is 16.4 Å². The number of hydrogen-bond acceptors (Lipinski definition) is 3. The van der Waals surface area contributed by atoms with Gasteiger partial charge in [0, 0.05) is 0 Å². The summed E-state index contributed by atoms with van der Waals surface area (Å²) in [5, 5.41) is 2.67. The van der Waals surface area contributed by atoms with E-state index in [1.807, 2.05) is 0 Å². The molecule has 28 valence electrons. The summed E-state index contributed by atoms with van der Waals surface area (Å²) in [7, 11) is 0.938. The molecule has 0 aromatic rings. The molecule has 0 unspecified atom stereocenters. The van der Waals surface area contributed by atoms with Crippen molar-refractivity contribution < 1.29 is 0 Å². The predicted octanol–water partition coefficient (Wildman–Crippen LogP) is -2.97. The smallest absolute Gasteiger partial charge is 0.272 e. The maximum atomic E-state index is 4.95. The van der Waals surface area contributed by atoms with Crippen molar-refractivity contribution in [1.29, 1.82) is 0 Å². The summed E-state index contributed by atoms with van der Waals surface area (Å²) in [6.45, 7) is 0. The topological polar surface area (TPSA) is 64.1 Å². The fourth-order valence-corrected chi connectivity index (χ4v) is 0.0833. The van der Waals surface area contributed by atoms with Gasteiger partial charge in [-0.25, -0.2) is 0 Å². The van der Waals surface area contributed by atoms with E-state index in [1.165, 1.54) is 0 Å².